The number of rotatable bonds is 6. The van der Waals surface area contributed by atoms with E-state index in [4.69, 9.17) is 4.74 Å². The lowest BCUT2D eigenvalue weighted by Gasteiger charge is -2.20. The molecule has 132 valence electrons. The molecule has 1 heterocycles. The van der Waals surface area contributed by atoms with Crippen LogP contribution in [0.5, 0.6) is 0 Å². The number of carbonyl (C=O) groups excluding carboxylic acids is 2. The van der Waals surface area contributed by atoms with E-state index in [-0.39, 0.29) is 25.0 Å². The zero-order valence-corrected chi connectivity index (χ0v) is 14.1. The highest BCUT2D eigenvalue weighted by atomic mass is 19.1. The normalized spacial score (nSPS) is 15.1. The van der Waals surface area contributed by atoms with Crippen LogP contribution in [0.4, 0.5) is 9.18 Å². The average Bonchev–Trinajstić information content (AvgIpc) is 3.16. The Bertz CT molecular complexity index is 630. The minimum Gasteiger partial charge on any atom is -0.444 e. The molecule has 0 unspecified atom stereocenters. The molecule has 0 aromatic carbocycles. The third-order valence-corrected chi connectivity index (χ3v) is 3.19. The van der Waals surface area contributed by atoms with Gasteiger partial charge in [-0.1, -0.05) is 0 Å². The van der Waals surface area contributed by atoms with Crippen LogP contribution in [-0.2, 0) is 11.3 Å². The van der Waals surface area contributed by atoms with Gasteiger partial charge in [0.25, 0.3) is 5.91 Å². The SMILES string of the molecule is CC(C)(C)OC(=O)NCC(=CF)Cn1cc(C(=O)NC2CC2)cn1. The van der Waals surface area contributed by atoms with Crippen molar-refractivity contribution in [2.24, 2.45) is 0 Å². The van der Waals surface area contributed by atoms with Crippen molar-refractivity contribution in [3.05, 3.63) is 29.9 Å². The highest BCUT2D eigenvalue weighted by molar-refractivity contribution is 5.94. The molecule has 24 heavy (non-hydrogen) atoms. The van der Waals surface area contributed by atoms with Gasteiger partial charge in [-0.05, 0) is 39.2 Å². The van der Waals surface area contributed by atoms with Crippen molar-refractivity contribution >= 4 is 12.0 Å². The van der Waals surface area contributed by atoms with Gasteiger partial charge in [0.1, 0.15) is 5.60 Å². The summed E-state index contributed by atoms with van der Waals surface area (Å²) in [7, 11) is 0. The second-order valence-electron chi connectivity index (χ2n) is 6.80. The standard InChI is InChI=1S/C16H23FN4O3/c1-16(2,3)24-15(23)18-7-11(6-17)9-21-10-12(8-19-21)14(22)20-13-4-5-13/h6,8,10,13H,4-5,7,9H2,1-3H3,(H,18,23)(H,20,22). The predicted octanol–water partition coefficient (Wildman–Crippen LogP) is 2.15. The van der Waals surface area contributed by atoms with E-state index < -0.39 is 11.7 Å². The summed E-state index contributed by atoms with van der Waals surface area (Å²) in [5, 5.41) is 9.39. The second kappa shape index (κ2) is 7.46. The van der Waals surface area contributed by atoms with Gasteiger partial charge in [0.2, 0.25) is 0 Å². The van der Waals surface area contributed by atoms with E-state index in [1.165, 1.54) is 10.9 Å². The van der Waals surface area contributed by atoms with Crippen LogP contribution in [0.25, 0.3) is 0 Å². The van der Waals surface area contributed by atoms with Gasteiger partial charge in [0, 0.05) is 18.8 Å². The smallest absolute Gasteiger partial charge is 0.407 e. The summed E-state index contributed by atoms with van der Waals surface area (Å²) in [6.07, 6.45) is 4.80. The average molecular weight is 338 g/mol. The van der Waals surface area contributed by atoms with Crippen LogP contribution < -0.4 is 10.6 Å². The molecule has 1 aromatic rings. The van der Waals surface area contributed by atoms with Gasteiger partial charge < -0.3 is 15.4 Å². The summed E-state index contributed by atoms with van der Waals surface area (Å²) in [5.41, 5.74) is 0.119. The van der Waals surface area contributed by atoms with Gasteiger partial charge in [-0.15, -0.1) is 0 Å². The first kappa shape index (κ1) is 18.0. The van der Waals surface area contributed by atoms with E-state index in [0.717, 1.165) is 12.8 Å². The number of alkyl carbamates (subject to hydrolysis) is 1. The first-order valence-corrected chi connectivity index (χ1v) is 7.85. The van der Waals surface area contributed by atoms with E-state index in [1.54, 1.807) is 27.0 Å². The zero-order chi connectivity index (χ0) is 17.7. The molecular formula is C16H23FN4O3. The van der Waals surface area contributed by atoms with Gasteiger partial charge in [-0.3, -0.25) is 9.48 Å². The van der Waals surface area contributed by atoms with Crippen molar-refractivity contribution < 1.29 is 18.7 Å². The monoisotopic (exact) mass is 338 g/mol. The lowest BCUT2D eigenvalue weighted by molar-refractivity contribution is 0.0532. The van der Waals surface area contributed by atoms with Crippen molar-refractivity contribution in [2.75, 3.05) is 6.54 Å². The van der Waals surface area contributed by atoms with Crippen molar-refractivity contribution in [3.8, 4) is 0 Å². The maximum atomic E-state index is 13.0. The number of hydrogen-bond donors (Lipinski definition) is 2. The number of ether oxygens (including phenoxy) is 1. The summed E-state index contributed by atoms with van der Waals surface area (Å²) in [5.74, 6) is -0.179. The Morgan fingerprint density at radius 2 is 2.17 bits per heavy atom. The van der Waals surface area contributed by atoms with Crippen LogP contribution in [0.3, 0.4) is 0 Å². The molecule has 2 rings (SSSR count). The van der Waals surface area contributed by atoms with E-state index in [9.17, 15) is 14.0 Å². The first-order valence-electron chi connectivity index (χ1n) is 7.85. The lowest BCUT2D eigenvalue weighted by atomic mass is 10.2. The van der Waals surface area contributed by atoms with Gasteiger partial charge in [-0.25, -0.2) is 9.18 Å². The van der Waals surface area contributed by atoms with Gasteiger partial charge in [-0.2, -0.15) is 5.10 Å². The third-order valence-electron chi connectivity index (χ3n) is 3.19. The van der Waals surface area contributed by atoms with Crippen LogP contribution in [0.15, 0.2) is 24.3 Å². The lowest BCUT2D eigenvalue weighted by Crippen LogP contribution is -2.34. The fourth-order valence-electron chi connectivity index (χ4n) is 1.90. The molecule has 0 bridgehead atoms. The minimum atomic E-state index is -0.619. The summed E-state index contributed by atoms with van der Waals surface area (Å²) in [4.78, 5) is 23.5. The van der Waals surface area contributed by atoms with Crippen LogP contribution in [0, 0.1) is 0 Å². The number of hydrogen-bond acceptors (Lipinski definition) is 4. The van der Waals surface area contributed by atoms with E-state index in [0.29, 0.717) is 17.5 Å². The van der Waals surface area contributed by atoms with Crippen molar-refractivity contribution in [1.82, 2.24) is 20.4 Å². The Morgan fingerprint density at radius 1 is 1.46 bits per heavy atom. The van der Waals surface area contributed by atoms with E-state index in [2.05, 4.69) is 15.7 Å². The Morgan fingerprint density at radius 3 is 2.75 bits per heavy atom. The van der Waals surface area contributed by atoms with Crippen molar-refractivity contribution in [1.29, 1.82) is 0 Å². The molecule has 7 nitrogen and oxygen atoms in total. The molecule has 0 saturated heterocycles. The van der Waals surface area contributed by atoms with Crippen molar-refractivity contribution in [2.45, 2.75) is 51.8 Å². The van der Waals surface area contributed by atoms with Crippen LogP contribution in [0.2, 0.25) is 0 Å². The zero-order valence-electron chi connectivity index (χ0n) is 14.1. The summed E-state index contributed by atoms with van der Waals surface area (Å²) in [6.45, 7) is 5.36. The molecule has 0 radical (unpaired) electrons. The molecule has 1 aliphatic rings. The Hall–Kier alpha value is -2.38. The van der Waals surface area contributed by atoms with E-state index in [1.807, 2.05) is 0 Å². The summed E-state index contributed by atoms with van der Waals surface area (Å²) < 4.78 is 19.5. The Balaban J connectivity index is 1.83. The number of aromatic nitrogens is 2. The molecule has 1 fully saturated rings. The number of amides is 2. The molecule has 2 amide bonds. The third kappa shape index (κ3) is 6.02. The molecule has 1 saturated carbocycles. The van der Waals surface area contributed by atoms with Gasteiger partial charge in [0.15, 0.2) is 0 Å². The number of nitrogens with zero attached hydrogens (tertiary/aromatic N) is 2. The molecule has 0 atom stereocenters. The van der Waals surface area contributed by atoms with Crippen LogP contribution in [0.1, 0.15) is 44.0 Å². The fourth-order valence-corrected chi connectivity index (χ4v) is 1.90. The highest BCUT2D eigenvalue weighted by Crippen LogP contribution is 2.19. The molecule has 0 spiro atoms. The predicted molar refractivity (Wildman–Crippen MR) is 86.1 cm³/mol. The van der Waals surface area contributed by atoms with Gasteiger partial charge in [0.05, 0.1) is 24.6 Å². The molecule has 8 heteroatoms. The fraction of sp³-hybridized carbons (Fsp3) is 0.562. The van der Waals surface area contributed by atoms with Crippen molar-refractivity contribution in [3.63, 3.8) is 0 Å². The maximum absolute atomic E-state index is 13.0. The largest absolute Gasteiger partial charge is 0.444 e. The van der Waals surface area contributed by atoms with Crippen LogP contribution >= 0.6 is 0 Å². The van der Waals surface area contributed by atoms with Gasteiger partial charge >= 0.3 is 6.09 Å². The molecular weight excluding hydrogens is 315 g/mol. The Kier molecular flexibility index (Phi) is 5.58. The molecule has 1 aliphatic carbocycles. The van der Waals surface area contributed by atoms with Crippen LogP contribution in [-0.4, -0.2) is 40.0 Å². The Labute approximate surface area is 140 Å². The highest BCUT2D eigenvalue weighted by Gasteiger charge is 2.24. The summed E-state index contributed by atoms with van der Waals surface area (Å²) >= 11 is 0. The molecule has 2 N–H and O–H groups in total. The number of halogens is 1. The number of carbonyl (C=O) groups is 2. The maximum Gasteiger partial charge on any atom is 0.407 e. The summed E-state index contributed by atoms with van der Waals surface area (Å²) in [6, 6.07) is 0.264. The second-order valence-corrected chi connectivity index (χ2v) is 6.80. The minimum absolute atomic E-state index is 0.00508. The quantitative estimate of drug-likeness (QED) is 0.832. The first-order chi connectivity index (χ1) is 11.3. The topological polar surface area (TPSA) is 85.2 Å². The number of nitrogens with one attached hydrogen (secondary N) is 2. The van der Waals surface area contributed by atoms with E-state index >= 15 is 0 Å². The molecule has 1 aromatic heterocycles. The molecule has 0 aliphatic heterocycles.